The van der Waals surface area contributed by atoms with Gasteiger partial charge in [-0.05, 0) is 133 Å². The molecule has 1 saturated heterocycles. The van der Waals surface area contributed by atoms with Crippen molar-refractivity contribution in [1.82, 2.24) is 10.2 Å². The number of hydrogen-bond donors (Lipinski definition) is 2. The topological polar surface area (TPSA) is 95.9 Å². The summed E-state index contributed by atoms with van der Waals surface area (Å²) >= 11 is 0. The van der Waals surface area contributed by atoms with Gasteiger partial charge in [0.15, 0.2) is 9.84 Å². The van der Waals surface area contributed by atoms with Gasteiger partial charge < -0.3 is 20.1 Å². The molecule has 286 valence electrons. The number of carbonyl (C=O) groups excluding carboxylic acids is 1. The molecule has 8 heteroatoms. The van der Waals surface area contributed by atoms with E-state index in [0.717, 1.165) is 32.4 Å². The van der Waals surface area contributed by atoms with Crippen molar-refractivity contribution in [3.05, 3.63) is 41.5 Å². The third-order valence-corrected chi connectivity index (χ3v) is 18.2. The summed E-state index contributed by atoms with van der Waals surface area (Å²) in [4.78, 5) is 14.5. The molecule has 0 aromatic heterocycles. The lowest BCUT2D eigenvalue weighted by Crippen LogP contribution is -2.69. The van der Waals surface area contributed by atoms with Crippen LogP contribution in [0.4, 0.5) is 0 Å². The molecule has 4 aliphatic carbocycles. The third-order valence-electron chi connectivity index (χ3n) is 16.6. The van der Waals surface area contributed by atoms with Crippen molar-refractivity contribution >= 4 is 21.4 Å². The maximum Gasteiger partial charge on any atom is 0.337 e. The quantitative estimate of drug-likeness (QED) is 0.253. The molecule has 10 atom stereocenters. The Labute approximate surface area is 309 Å². The molecule has 0 amide bonds. The summed E-state index contributed by atoms with van der Waals surface area (Å²) in [5, 5.41) is 15.4. The molecule has 51 heavy (non-hydrogen) atoms. The van der Waals surface area contributed by atoms with E-state index in [1.54, 1.807) is 0 Å². The fourth-order valence-corrected chi connectivity index (χ4v) is 14.7. The maximum atomic E-state index is 12.1. The van der Waals surface area contributed by atoms with Crippen LogP contribution in [0.2, 0.25) is 0 Å². The molecule has 0 spiro atoms. The Morgan fingerprint density at radius 3 is 2.24 bits per heavy atom. The highest BCUT2D eigenvalue weighted by Crippen LogP contribution is 2.75. The lowest BCUT2D eigenvalue weighted by molar-refractivity contribution is -0.228. The zero-order chi connectivity index (χ0) is 37.2. The Kier molecular flexibility index (Phi) is 10.6. The van der Waals surface area contributed by atoms with Crippen LogP contribution in [-0.2, 0) is 14.6 Å². The molecule has 1 aromatic rings. The summed E-state index contributed by atoms with van der Waals surface area (Å²) in [5.41, 5.74) is 3.78. The molecule has 0 radical (unpaired) electrons. The van der Waals surface area contributed by atoms with Crippen LogP contribution in [-0.4, -0.2) is 80.8 Å². The Bertz CT molecular complexity index is 1570. The Balaban J connectivity index is 1.27. The molecule has 5 aliphatic rings. The Hall–Kier alpha value is -1.74. The zero-order valence-corrected chi connectivity index (χ0v) is 34.0. The number of nitrogens with one attached hydrogen (secondary N) is 1. The van der Waals surface area contributed by atoms with E-state index in [-0.39, 0.29) is 56.7 Å². The number of aliphatic hydroxyl groups excluding tert-OH is 1. The van der Waals surface area contributed by atoms with E-state index in [9.17, 15) is 18.3 Å². The Morgan fingerprint density at radius 1 is 0.961 bits per heavy atom. The second-order valence-corrected chi connectivity index (χ2v) is 21.1. The lowest BCUT2D eigenvalue weighted by atomic mass is 9.32. The highest BCUT2D eigenvalue weighted by Gasteiger charge is 2.69. The highest BCUT2D eigenvalue weighted by atomic mass is 32.2. The molecule has 4 fully saturated rings. The number of carbonyl (C=O) groups is 1. The molecule has 1 heterocycles. The van der Waals surface area contributed by atoms with Crippen molar-refractivity contribution in [1.29, 1.82) is 0 Å². The standard InChI is InChI=1S/C43H68N2O5S/c1-10-43(44-23-24-45-25-27-51(48,49)28-26-45)22-21-41(7)34(37(43)29(2)30(3)46)15-16-36-40(6)19-17-33(31-11-13-32(14-12-31)38(47)50-9)39(4,5)35(40)18-20-42(36,41)8/h11-14,17,29-30,34-37,44,46H,10,15-16,18-28H2,1-9H3/t29-,30?,34+,35-,36+,37+,40-,41+,42+,43-/m0/s1. The minimum Gasteiger partial charge on any atom is -0.465 e. The number of nitrogens with zero attached hydrogens (tertiary/aromatic N) is 1. The molecule has 0 bridgehead atoms. The maximum absolute atomic E-state index is 12.1. The first-order chi connectivity index (χ1) is 23.9. The molecule has 6 rings (SSSR count). The fraction of sp³-hybridized carbons (Fsp3) is 0.791. The summed E-state index contributed by atoms with van der Waals surface area (Å²) in [6.45, 7) is 22.5. The Morgan fingerprint density at radius 2 is 1.63 bits per heavy atom. The van der Waals surface area contributed by atoms with Gasteiger partial charge in [-0.15, -0.1) is 0 Å². The van der Waals surface area contributed by atoms with Crippen LogP contribution in [0.25, 0.3) is 5.57 Å². The van der Waals surface area contributed by atoms with Crippen LogP contribution in [0, 0.1) is 51.2 Å². The summed E-state index contributed by atoms with van der Waals surface area (Å²) in [6.07, 6.45) is 11.5. The van der Waals surface area contributed by atoms with Gasteiger partial charge in [0.25, 0.3) is 0 Å². The number of benzene rings is 1. The molecular weight excluding hydrogens is 657 g/mol. The van der Waals surface area contributed by atoms with E-state index in [0.29, 0.717) is 42.3 Å². The molecule has 2 N–H and O–H groups in total. The van der Waals surface area contributed by atoms with Crippen LogP contribution in [0.15, 0.2) is 30.3 Å². The highest BCUT2D eigenvalue weighted by molar-refractivity contribution is 7.91. The second-order valence-electron chi connectivity index (χ2n) is 18.8. The first-order valence-corrected chi connectivity index (χ1v) is 22.0. The normalized spacial score (nSPS) is 40.2. The van der Waals surface area contributed by atoms with Crippen molar-refractivity contribution < 1.29 is 23.1 Å². The van der Waals surface area contributed by atoms with Crippen molar-refractivity contribution in [3.8, 4) is 0 Å². The number of allylic oxidation sites excluding steroid dienone is 2. The number of methoxy groups -OCH3 is 1. The van der Waals surface area contributed by atoms with E-state index in [1.165, 1.54) is 50.4 Å². The van der Waals surface area contributed by atoms with Gasteiger partial charge in [0.1, 0.15) is 0 Å². The predicted octanol–water partition coefficient (Wildman–Crippen LogP) is 7.64. The van der Waals surface area contributed by atoms with Crippen LogP contribution >= 0.6 is 0 Å². The number of fused-ring (bicyclic) bond motifs is 5. The second kappa shape index (κ2) is 13.8. The largest absolute Gasteiger partial charge is 0.465 e. The van der Waals surface area contributed by atoms with Crippen LogP contribution in [0.1, 0.15) is 123 Å². The van der Waals surface area contributed by atoms with Crippen LogP contribution in [0.3, 0.4) is 0 Å². The van der Waals surface area contributed by atoms with Gasteiger partial charge in [-0.25, -0.2) is 13.2 Å². The molecule has 1 aromatic carbocycles. The lowest BCUT2D eigenvalue weighted by Gasteiger charge is -2.73. The van der Waals surface area contributed by atoms with Gasteiger partial charge in [-0.3, -0.25) is 0 Å². The number of ether oxygens (including phenoxy) is 1. The average molecular weight is 725 g/mol. The van der Waals surface area contributed by atoms with Gasteiger partial charge in [0.2, 0.25) is 0 Å². The van der Waals surface area contributed by atoms with Crippen molar-refractivity contribution in [3.63, 3.8) is 0 Å². The monoisotopic (exact) mass is 724 g/mol. The SMILES string of the molecule is CC[C@]1(NCCN2CCS(=O)(=O)CC2)CC[C@]2(C)[C@H](CC[C@@H]3[C@@]4(C)CC=C(c5ccc(C(=O)OC)cc5)C(C)(C)[C@@H]4CC[C@]32C)[C@H]1[C@@H](C)C(C)O. The minimum absolute atomic E-state index is 0.00856. The summed E-state index contributed by atoms with van der Waals surface area (Å²) in [5.74, 6) is 2.52. The van der Waals surface area contributed by atoms with Gasteiger partial charge in [0, 0.05) is 31.7 Å². The van der Waals surface area contributed by atoms with E-state index >= 15 is 0 Å². The van der Waals surface area contributed by atoms with Crippen molar-refractivity contribution in [2.75, 3.05) is 44.8 Å². The minimum atomic E-state index is -2.89. The van der Waals surface area contributed by atoms with Gasteiger partial charge in [-0.2, -0.15) is 0 Å². The molecule has 3 saturated carbocycles. The number of rotatable bonds is 9. The zero-order valence-electron chi connectivity index (χ0n) is 33.2. The summed E-state index contributed by atoms with van der Waals surface area (Å²) in [7, 11) is -1.46. The van der Waals surface area contributed by atoms with Crippen LogP contribution in [0.5, 0.6) is 0 Å². The van der Waals surface area contributed by atoms with E-state index in [2.05, 4.69) is 76.9 Å². The van der Waals surface area contributed by atoms with Crippen molar-refractivity contribution in [2.45, 2.75) is 118 Å². The van der Waals surface area contributed by atoms with Crippen LogP contribution < -0.4 is 5.32 Å². The number of esters is 1. The van der Waals surface area contributed by atoms with Gasteiger partial charge in [-0.1, -0.05) is 66.7 Å². The van der Waals surface area contributed by atoms with Gasteiger partial charge >= 0.3 is 5.97 Å². The molecule has 7 nitrogen and oxygen atoms in total. The van der Waals surface area contributed by atoms with E-state index in [1.807, 2.05) is 19.1 Å². The van der Waals surface area contributed by atoms with E-state index in [4.69, 9.17) is 4.74 Å². The number of hydrogen-bond acceptors (Lipinski definition) is 7. The molecule has 1 aliphatic heterocycles. The number of aliphatic hydroxyl groups is 1. The number of sulfone groups is 1. The molecule has 1 unspecified atom stereocenters. The smallest absolute Gasteiger partial charge is 0.337 e. The average Bonchev–Trinajstić information content (AvgIpc) is 3.08. The summed E-state index contributed by atoms with van der Waals surface area (Å²) < 4.78 is 29.1. The molecular formula is C43H68N2O5S. The summed E-state index contributed by atoms with van der Waals surface area (Å²) in [6, 6.07) is 8.03. The third kappa shape index (κ3) is 6.38. The first kappa shape index (κ1) is 39.0. The van der Waals surface area contributed by atoms with Crippen molar-refractivity contribution in [2.24, 2.45) is 51.2 Å². The fourth-order valence-electron chi connectivity index (χ4n) is 13.4. The first-order valence-electron chi connectivity index (χ1n) is 20.1. The van der Waals surface area contributed by atoms with E-state index < -0.39 is 9.84 Å². The predicted molar refractivity (Wildman–Crippen MR) is 207 cm³/mol. The van der Waals surface area contributed by atoms with Gasteiger partial charge in [0.05, 0.1) is 30.3 Å².